The largest absolute Gasteiger partial charge is 0.489 e. The van der Waals surface area contributed by atoms with Crippen molar-refractivity contribution in [3.63, 3.8) is 0 Å². The average Bonchev–Trinajstić information content (AvgIpc) is 3.06. The zero-order chi connectivity index (χ0) is 33.9. The molecule has 0 amide bonds. The molecule has 0 spiro atoms. The summed E-state index contributed by atoms with van der Waals surface area (Å²) in [6.45, 7) is 20.4. The van der Waals surface area contributed by atoms with Gasteiger partial charge in [0.1, 0.15) is 23.9 Å². The minimum atomic E-state index is -0.544. The van der Waals surface area contributed by atoms with E-state index in [2.05, 4.69) is 50.0 Å². The van der Waals surface area contributed by atoms with Gasteiger partial charge in [0.05, 0.1) is 5.56 Å². The van der Waals surface area contributed by atoms with Gasteiger partial charge in [-0.25, -0.2) is 9.59 Å². The first-order valence-corrected chi connectivity index (χ1v) is 14.7. The van der Waals surface area contributed by atoms with E-state index in [9.17, 15) is 9.59 Å². The first kappa shape index (κ1) is 33.6. The number of hydrogen-bond acceptors (Lipinski definition) is 5. The van der Waals surface area contributed by atoms with Crippen molar-refractivity contribution in [2.24, 2.45) is 0 Å². The third-order valence-corrected chi connectivity index (χ3v) is 6.70. The minimum absolute atomic E-state index is 0.272. The highest BCUT2D eigenvalue weighted by Crippen LogP contribution is 2.28. The monoisotopic (exact) mass is 618 g/mol. The van der Waals surface area contributed by atoms with E-state index in [1.54, 1.807) is 44.2 Å². The Balaban J connectivity index is 1.50. The third kappa shape index (κ3) is 9.85. The second-order valence-electron chi connectivity index (χ2n) is 10.8. The number of carbonyl (C=O) groups is 2. The molecule has 0 aliphatic rings. The van der Waals surface area contributed by atoms with Crippen LogP contribution in [0.25, 0.3) is 11.1 Å². The van der Waals surface area contributed by atoms with Gasteiger partial charge in [-0.15, -0.1) is 0 Å². The molecule has 0 saturated carbocycles. The first-order chi connectivity index (χ1) is 22.5. The van der Waals surface area contributed by atoms with Gasteiger partial charge in [0.15, 0.2) is 0 Å². The predicted molar refractivity (Wildman–Crippen MR) is 186 cm³/mol. The molecule has 47 heavy (non-hydrogen) atoms. The first-order valence-electron chi connectivity index (χ1n) is 14.7. The topological polar surface area (TPSA) is 61.8 Å². The average molecular weight is 619 g/mol. The van der Waals surface area contributed by atoms with E-state index < -0.39 is 11.9 Å². The molecule has 0 saturated heterocycles. The van der Waals surface area contributed by atoms with Crippen molar-refractivity contribution in [3.8, 4) is 46.3 Å². The lowest BCUT2D eigenvalue weighted by molar-refractivity contribution is -0.130. The molecule has 0 aliphatic heterocycles. The van der Waals surface area contributed by atoms with Gasteiger partial charge in [-0.3, -0.25) is 0 Å². The Morgan fingerprint density at radius 1 is 0.574 bits per heavy atom. The standard InChI is InChI=1S/C42H34O5/c1-28(2)31(7)45-27-35-12-10-32(11-13-35)8-9-33-14-19-36(20-15-33)38-23-22-37(40(26-38)47-42(44)30(5)6)21-16-34-17-24-39(25-18-34)46-41(43)29(3)4/h10-15,17-20,22-26H,1,3,5,7,27H2,2,4,6H3. The van der Waals surface area contributed by atoms with E-state index in [4.69, 9.17) is 14.2 Å². The van der Waals surface area contributed by atoms with Crippen LogP contribution in [0.3, 0.4) is 0 Å². The van der Waals surface area contributed by atoms with Gasteiger partial charge in [0, 0.05) is 27.8 Å². The molecule has 0 unspecified atom stereocenters. The molecule has 5 heteroatoms. The van der Waals surface area contributed by atoms with Crippen LogP contribution < -0.4 is 9.47 Å². The van der Waals surface area contributed by atoms with Crippen molar-refractivity contribution < 1.29 is 23.8 Å². The van der Waals surface area contributed by atoms with Crippen LogP contribution in [0.2, 0.25) is 0 Å². The van der Waals surface area contributed by atoms with Crippen LogP contribution in [-0.2, 0) is 20.9 Å². The van der Waals surface area contributed by atoms with Crippen molar-refractivity contribution >= 4 is 11.9 Å². The van der Waals surface area contributed by atoms with Crippen LogP contribution >= 0.6 is 0 Å². The summed E-state index contributed by atoms with van der Waals surface area (Å²) in [5, 5.41) is 0. The van der Waals surface area contributed by atoms with E-state index >= 15 is 0 Å². The summed E-state index contributed by atoms with van der Waals surface area (Å²) in [6.07, 6.45) is 0. The number of ether oxygens (including phenoxy) is 3. The molecule has 0 bridgehead atoms. The van der Waals surface area contributed by atoms with Crippen molar-refractivity contribution in [2.75, 3.05) is 0 Å². The Morgan fingerprint density at radius 3 is 1.62 bits per heavy atom. The molecule has 4 aromatic rings. The maximum atomic E-state index is 12.5. The fourth-order valence-electron chi connectivity index (χ4n) is 3.88. The number of allylic oxidation sites excluding steroid dienone is 1. The van der Waals surface area contributed by atoms with Crippen LogP contribution in [0, 0.1) is 23.7 Å². The fourth-order valence-corrected chi connectivity index (χ4v) is 3.88. The summed E-state index contributed by atoms with van der Waals surface area (Å²) in [6, 6.07) is 28.0. The quantitative estimate of drug-likeness (QED) is 0.0469. The number of carbonyl (C=O) groups excluding carboxylic acids is 2. The highest BCUT2D eigenvalue weighted by Gasteiger charge is 2.12. The third-order valence-electron chi connectivity index (χ3n) is 6.70. The van der Waals surface area contributed by atoms with E-state index in [-0.39, 0.29) is 5.57 Å². The normalized spacial score (nSPS) is 9.85. The zero-order valence-corrected chi connectivity index (χ0v) is 26.7. The van der Waals surface area contributed by atoms with Gasteiger partial charge in [-0.2, -0.15) is 0 Å². The van der Waals surface area contributed by atoms with Crippen LogP contribution in [0.4, 0.5) is 0 Å². The van der Waals surface area contributed by atoms with Crippen molar-refractivity contribution in [2.45, 2.75) is 27.4 Å². The van der Waals surface area contributed by atoms with Gasteiger partial charge in [0.25, 0.3) is 0 Å². The summed E-state index contributed by atoms with van der Waals surface area (Å²) < 4.78 is 16.5. The molecule has 0 fully saturated rings. The van der Waals surface area contributed by atoms with Gasteiger partial charge >= 0.3 is 11.9 Å². The lowest BCUT2D eigenvalue weighted by Crippen LogP contribution is -2.09. The summed E-state index contributed by atoms with van der Waals surface area (Å²) >= 11 is 0. The Bertz CT molecular complexity index is 1990. The smallest absolute Gasteiger partial charge is 0.338 e. The summed E-state index contributed by atoms with van der Waals surface area (Å²) in [5.41, 5.74) is 7.13. The molecule has 0 aromatic heterocycles. The molecule has 0 radical (unpaired) electrons. The van der Waals surface area contributed by atoms with Crippen LogP contribution in [0.1, 0.15) is 48.6 Å². The van der Waals surface area contributed by atoms with Crippen LogP contribution in [-0.4, -0.2) is 11.9 Å². The van der Waals surface area contributed by atoms with E-state index in [0.29, 0.717) is 40.6 Å². The Labute approximate surface area is 276 Å². The summed E-state index contributed by atoms with van der Waals surface area (Å²) in [7, 11) is 0. The van der Waals surface area contributed by atoms with Crippen molar-refractivity contribution in [1.29, 1.82) is 0 Å². The molecule has 5 nitrogen and oxygen atoms in total. The summed E-state index contributed by atoms with van der Waals surface area (Å²) in [4.78, 5) is 24.2. The second kappa shape index (κ2) is 15.6. The zero-order valence-electron chi connectivity index (χ0n) is 26.7. The van der Waals surface area contributed by atoms with Gasteiger partial charge < -0.3 is 14.2 Å². The van der Waals surface area contributed by atoms with Gasteiger partial charge in [0.2, 0.25) is 0 Å². The number of rotatable bonds is 9. The van der Waals surface area contributed by atoms with E-state index in [0.717, 1.165) is 33.4 Å². The Kier molecular flexibility index (Phi) is 11.2. The molecule has 232 valence electrons. The van der Waals surface area contributed by atoms with Crippen molar-refractivity contribution in [3.05, 3.63) is 168 Å². The molecule has 0 N–H and O–H groups in total. The van der Waals surface area contributed by atoms with Crippen LogP contribution in [0.15, 0.2) is 140 Å². The summed E-state index contributed by atoms with van der Waals surface area (Å²) in [5.74, 6) is 12.8. The van der Waals surface area contributed by atoms with Gasteiger partial charge in [-0.1, -0.05) is 80.3 Å². The van der Waals surface area contributed by atoms with E-state index in [1.165, 1.54) is 0 Å². The van der Waals surface area contributed by atoms with E-state index in [1.807, 2.05) is 67.6 Å². The molecule has 0 atom stereocenters. The lowest BCUT2D eigenvalue weighted by atomic mass is 10.0. The number of hydrogen-bond donors (Lipinski definition) is 0. The highest BCUT2D eigenvalue weighted by molar-refractivity contribution is 5.89. The number of esters is 2. The maximum Gasteiger partial charge on any atom is 0.338 e. The fraction of sp³-hybridized carbons (Fsp3) is 0.0952. The van der Waals surface area contributed by atoms with Crippen LogP contribution in [0.5, 0.6) is 11.5 Å². The molecule has 0 heterocycles. The molecular formula is C42H34O5. The SMILES string of the molecule is C=C(C)C(=C)OCc1ccc(C#Cc2ccc(-c3ccc(C#Cc4ccc(OC(=O)C(=C)C)cc4)c(OC(=O)C(=C)C)c3)cc2)cc1. The Morgan fingerprint density at radius 2 is 1.06 bits per heavy atom. The predicted octanol–water partition coefficient (Wildman–Crippen LogP) is 8.72. The second-order valence-corrected chi connectivity index (χ2v) is 10.8. The minimum Gasteiger partial charge on any atom is -0.489 e. The Hall–Kier alpha value is -6.30. The number of benzene rings is 4. The van der Waals surface area contributed by atoms with Gasteiger partial charge in [-0.05, 0) is 104 Å². The molecular weight excluding hydrogens is 584 g/mol. The highest BCUT2D eigenvalue weighted by atomic mass is 16.5. The molecule has 0 aliphatic carbocycles. The molecule has 4 rings (SSSR count). The lowest BCUT2D eigenvalue weighted by Gasteiger charge is -2.10. The molecule has 4 aromatic carbocycles. The maximum absolute atomic E-state index is 12.5. The van der Waals surface area contributed by atoms with Crippen molar-refractivity contribution in [1.82, 2.24) is 0 Å².